The molecule has 1 aliphatic heterocycles. The molecule has 1 aromatic heterocycles. The molecular weight excluding hydrogens is 290 g/mol. The molecule has 2 aliphatic rings. The fourth-order valence-electron chi connectivity index (χ4n) is 2.85. The van der Waals surface area contributed by atoms with Gasteiger partial charge in [-0.3, -0.25) is 19.8 Å². The number of fused-ring (bicyclic) bond motifs is 1. The van der Waals surface area contributed by atoms with Crippen LogP contribution in [0.5, 0.6) is 0 Å². The van der Waals surface area contributed by atoms with Crippen LogP contribution in [0.25, 0.3) is 0 Å². The van der Waals surface area contributed by atoms with E-state index in [9.17, 15) is 14.9 Å². The van der Waals surface area contributed by atoms with Gasteiger partial charge < -0.3 is 5.32 Å². The van der Waals surface area contributed by atoms with Gasteiger partial charge in [0.05, 0.1) is 0 Å². The number of carbonyl (C=O) groups is 1. The van der Waals surface area contributed by atoms with Crippen LogP contribution in [0.4, 0.5) is 0 Å². The molecule has 1 saturated carbocycles. The van der Waals surface area contributed by atoms with Gasteiger partial charge in [-0.1, -0.05) is 0 Å². The SMILES string of the molecule is C[C@H](CNC(=O)[C@H]1C[C@H]1[N+](=O)[O-])N1CCc2sccc2C1. The lowest BCUT2D eigenvalue weighted by atomic mass is 10.1. The first kappa shape index (κ1) is 14.5. The Morgan fingerprint density at radius 3 is 3.19 bits per heavy atom. The second-order valence-corrected chi connectivity index (χ2v) is 6.88. The Hall–Kier alpha value is -1.47. The van der Waals surface area contributed by atoms with Gasteiger partial charge in [0.15, 0.2) is 0 Å². The van der Waals surface area contributed by atoms with Crippen LogP contribution < -0.4 is 5.32 Å². The molecule has 1 N–H and O–H groups in total. The van der Waals surface area contributed by atoms with Gasteiger partial charge in [0.1, 0.15) is 5.92 Å². The third-order valence-corrected chi connectivity index (χ3v) is 5.42. The predicted octanol–water partition coefficient (Wildman–Crippen LogP) is 1.28. The van der Waals surface area contributed by atoms with Crippen molar-refractivity contribution in [3.63, 3.8) is 0 Å². The highest BCUT2D eigenvalue weighted by molar-refractivity contribution is 7.10. The number of carbonyl (C=O) groups excluding carboxylic acids is 1. The average molecular weight is 309 g/mol. The Morgan fingerprint density at radius 1 is 1.67 bits per heavy atom. The Balaban J connectivity index is 1.46. The minimum Gasteiger partial charge on any atom is -0.354 e. The van der Waals surface area contributed by atoms with Crippen LogP contribution in [0.3, 0.4) is 0 Å². The van der Waals surface area contributed by atoms with E-state index in [4.69, 9.17) is 0 Å². The molecule has 21 heavy (non-hydrogen) atoms. The molecular formula is C14H19N3O3S. The van der Waals surface area contributed by atoms with Crippen molar-refractivity contribution in [3.8, 4) is 0 Å². The minimum atomic E-state index is -0.663. The lowest BCUT2D eigenvalue weighted by molar-refractivity contribution is -0.497. The predicted molar refractivity (Wildman–Crippen MR) is 79.8 cm³/mol. The van der Waals surface area contributed by atoms with Gasteiger partial charge in [-0.25, -0.2) is 0 Å². The number of hydrogen-bond acceptors (Lipinski definition) is 5. The van der Waals surface area contributed by atoms with Gasteiger partial charge in [-0.05, 0) is 30.4 Å². The lowest BCUT2D eigenvalue weighted by Crippen LogP contribution is -2.44. The van der Waals surface area contributed by atoms with Crippen LogP contribution in [0.1, 0.15) is 23.8 Å². The summed E-state index contributed by atoms with van der Waals surface area (Å²) in [6.07, 6.45) is 1.45. The standard InChI is InChI=1S/C14H19N3O3S/c1-9(7-15-14(18)11-6-12(11)17(19)20)16-4-2-13-10(8-16)3-5-21-13/h3,5,9,11-12H,2,4,6-8H2,1H3,(H,15,18)/t9-,11+,12-/m1/s1. The highest BCUT2D eigenvalue weighted by Crippen LogP contribution is 2.33. The molecule has 6 nitrogen and oxygen atoms in total. The van der Waals surface area contributed by atoms with Crippen molar-refractivity contribution >= 4 is 17.2 Å². The fraction of sp³-hybridized carbons (Fsp3) is 0.643. The zero-order valence-electron chi connectivity index (χ0n) is 11.9. The van der Waals surface area contributed by atoms with E-state index in [2.05, 4.69) is 28.6 Å². The Bertz CT molecular complexity index is 559. The van der Waals surface area contributed by atoms with E-state index in [0.717, 1.165) is 19.5 Å². The van der Waals surface area contributed by atoms with E-state index in [1.54, 1.807) is 0 Å². The number of rotatable bonds is 5. The molecule has 0 spiro atoms. The molecule has 1 aromatic rings. The summed E-state index contributed by atoms with van der Waals surface area (Å²) in [4.78, 5) is 25.9. The Kier molecular flexibility index (Phi) is 3.95. The number of hydrogen-bond donors (Lipinski definition) is 1. The van der Waals surface area contributed by atoms with Crippen molar-refractivity contribution < 1.29 is 9.72 Å². The molecule has 0 radical (unpaired) electrons. The summed E-state index contributed by atoms with van der Waals surface area (Å²) in [6.45, 7) is 4.58. The summed E-state index contributed by atoms with van der Waals surface area (Å²) in [5.41, 5.74) is 1.39. The summed E-state index contributed by atoms with van der Waals surface area (Å²) in [6, 6.07) is 1.75. The van der Waals surface area contributed by atoms with E-state index < -0.39 is 12.0 Å². The van der Waals surface area contributed by atoms with Gasteiger partial charge in [0.25, 0.3) is 0 Å². The van der Waals surface area contributed by atoms with E-state index >= 15 is 0 Å². The summed E-state index contributed by atoms with van der Waals surface area (Å²) in [7, 11) is 0. The highest BCUT2D eigenvalue weighted by atomic mass is 32.1. The third-order valence-electron chi connectivity index (χ3n) is 4.40. The molecule has 0 unspecified atom stereocenters. The minimum absolute atomic E-state index is 0.170. The van der Waals surface area contributed by atoms with Crippen LogP contribution in [-0.2, 0) is 17.8 Å². The lowest BCUT2D eigenvalue weighted by Gasteiger charge is -2.32. The second-order valence-electron chi connectivity index (χ2n) is 5.88. The van der Waals surface area contributed by atoms with Crippen LogP contribution >= 0.6 is 11.3 Å². The molecule has 1 aliphatic carbocycles. The van der Waals surface area contributed by atoms with Gasteiger partial charge >= 0.3 is 0 Å². The molecule has 2 heterocycles. The summed E-state index contributed by atoms with van der Waals surface area (Å²) in [5.74, 6) is -0.589. The summed E-state index contributed by atoms with van der Waals surface area (Å²) < 4.78 is 0. The van der Waals surface area contributed by atoms with Crippen molar-refractivity contribution in [3.05, 3.63) is 32.0 Å². The summed E-state index contributed by atoms with van der Waals surface area (Å²) >= 11 is 1.81. The van der Waals surface area contributed by atoms with E-state index in [-0.39, 0.29) is 16.9 Å². The van der Waals surface area contributed by atoms with E-state index in [1.165, 1.54) is 10.4 Å². The van der Waals surface area contributed by atoms with Gasteiger partial charge in [0, 0.05) is 41.9 Å². The average Bonchev–Trinajstić information content (AvgIpc) is 3.15. The third kappa shape index (κ3) is 3.08. The highest BCUT2D eigenvalue weighted by Gasteiger charge is 2.53. The smallest absolute Gasteiger partial charge is 0.230 e. The van der Waals surface area contributed by atoms with E-state index in [0.29, 0.717) is 13.0 Å². The number of amides is 1. The first-order chi connectivity index (χ1) is 10.1. The largest absolute Gasteiger partial charge is 0.354 e. The van der Waals surface area contributed by atoms with Crippen LogP contribution in [0.2, 0.25) is 0 Å². The van der Waals surface area contributed by atoms with Crippen molar-refractivity contribution in [2.75, 3.05) is 13.1 Å². The molecule has 7 heteroatoms. The first-order valence-electron chi connectivity index (χ1n) is 7.26. The monoisotopic (exact) mass is 309 g/mol. The zero-order valence-corrected chi connectivity index (χ0v) is 12.8. The number of nitrogens with one attached hydrogen (secondary N) is 1. The van der Waals surface area contributed by atoms with Crippen LogP contribution in [-0.4, -0.2) is 40.9 Å². The van der Waals surface area contributed by atoms with Gasteiger partial charge in [0.2, 0.25) is 11.9 Å². The Morgan fingerprint density at radius 2 is 2.48 bits per heavy atom. The summed E-state index contributed by atoms with van der Waals surface area (Å²) in [5, 5.41) is 15.6. The van der Waals surface area contributed by atoms with Gasteiger partial charge in [-0.2, -0.15) is 0 Å². The molecule has 0 saturated heterocycles. The van der Waals surface area contributed by atoms with Crippen LogP contribution in [0.15, 0.2) is 11.4 Å². The topological polar surface area (TPSA) is 75.5 Å². The second kappa shape index (κ2) is 5.73. The van der Waals surface area contributed by atoms with Crippen molar-refractivity contribution in [2.45, 2.75) is 38.4 Å². The molecule has 0 aromatic carbocycles. The van der Waals surface area contributed by atoms with E-state index in [1.807, 2.05) is 11.3 Å². The normalized spacial score (nSPS) is 26.0. The van der Waals surface area contributed by atoms with Crippen molar-refractivity contribution in [1.82, 2.24) is 10.2 Å². The van der Waals surface area contributed by atoms with Crippen LogP contribution in [0, 0.1) is 16.0 Å². The quantitative estimate of drug-likeness (QED) is 0.656. The number of nitrogens with zero attached hydrogens (tertiary/aromatic N) is 2. The molecule has 1 amide bonds. The van der Waals surface area contributed by atoms with Crippen molar-refractivity contribution in [1.29, 1.82) is 0 Å². The Labute approximate surface area is 127 Å². The first-order valence-corrected chi connectivity index (χ1v) is 8.14. The maximum Gasteiger partial charge on any atom is 0.230 e. The maximum atomic E-state index is 11.8. The van der Waals surface area contributed by atoms with Gasteiger partial charge in [-0.15, -0.1) is 11.3 Å². The number of nitro groups is 1. The molecule has 0 bridgehead atoms. The molecule has 1 fully saturated rings. The fourth-order valence-corrected chi connectivity index (χ4v) is 3.74. The molecule has 3 rings (SSSR count). The zero-order chi connectivity index (χ0) is 15.0. The molecule has 114 valence electrons. The number of thiophene rings is 1. The van der Waals surface area contributed by atoms with Crippen molar-refractivity contribution in [2.24, 2.45) is 5.92 Å². The molecule has 3 atom stereocenters. The maximum absolute atomic E-state index is 11.8.